The Hall–Kier alpha value is -1.38. The van der Waals surface area contributed by atoms with Crippen LogP contribution in [0.2, 0.25) is 0 Å². The van der Waals surface area contributed by atoms with Gasteiger partial charge in [-0.1, -0.05) is 64.5 Å². The summed E-state index contributed by atoms with van der Waals surface area (Å²) in [5, 5.41) is 6.60. The normalized spacial score (nSPS) is 17.4. The van der Waals surface area contributed by atoms with Crippen LogP contribution in [0.4, 0.5) is 0 Å². The smallest absolute Gasteiger partial charge is 0.0630 e. The summed E-state index contributed by atoms with van der Waals surface area (Å²) < 4.78 is 6.55. The molecule has 142 valence electrons. The quantitative estimate of drug-likeness (QED) is 0.230. The highest BCUT2D eigenvalue weighted by Gasteiger charge is 2.27. The SMILES string of the molecule is CC(C)(CCCCBr)OC1CCc2c(ccc3c2ccc2ccccc23)C1. The first-order chi connectivity index (χ1) is 13.1. The molecule has 0 aliphatic heterocycles. The fourth-order valence-corrected chi connectivity index (χ4v) is 4.99. The molecule has 0 amide bonds. The van der Waals surface area contributed by atoms with Gasteiger partial charge in [0.25, 0.3) is 0 Å². The average Bonchev–Trinajstić information content (AvgIpc) is 2.67. The summed E-state index contributed by atoms with van der Waals surface area (Å²) in [6, 6.07) is 18.0. The molecule has 1 atom stereocenters. The van der Waals surface area contributed by atoms with Gasteiger partial charge in [0.15, 0.2) is 0 Å². The van der Waals surface area contributed by atoms with Gasteiger partial charge in [-0.05, 0) is 85.0 Å². The first kappa shape index (κ1) is 19.0. The van der Waals surface area contributed by atoms with Gasteiger partial charge in [0.05, 0.1) is 11.7 Å². The minimum absolute atomic E-state index is 0.0304. The zero-order valence-corrected chi connectivity index (χ0v) is 18.0. The van der Waals surface area contributed by atoms with Crippen molar-refractivity contribution in [2.45, 2.75) is 64.1 Å². The molecular formula is C25H29BrO. The highest BCUT2D eigenvalue weighted by atomic mass is 79.9. The Kier molecular flexibility index (Phi) is 5.57. The van der Waals surface area contributed by atoms with E-state index in [1.165, 1.54) is 45.5 Å². The van der Waals surface area contributed by atoms with Gasteiger partial charge in [0.1, 0.15) is 0 Å². The number of aryl methyl sites for hydroxylation is 1. The first-order valence-corrected chi connectivity index (χ1v) is 11.4. The monoisotopic (exact) mass is 424 g/mol. The van der Waals surface area contributed by atoms with Crippen LogP contribution in [0.15, 0.2) is 48.5 Å². The maximum Gasteiger partial charge on any atom is 0.0630 e. The molecule has 3 aromatic rings. The lowest BCUT2D eigenvalue weighted by atomic mass is 9.85. The summed E-state index contributed by atoms with van der Waals surface area (Å²) >= 11 is 3.53. The van der Waals surface area contributed by atoms with E-state index in [9.17, 15) is 0 Å². The molecule has 0 fully saturated rings. The topological polar surface area (TPSA) is 9.23 Å². The Morgan fingerprint density at radius 2 is 1.78 bits per heavy atom. The zero-order chi connectivity index (χ0) is 18.9. The first-order valence-electron chi connectivity index (χ1n) is 10.2. The number of rotatable bonds is 6. The maximum atomic E-state index is 6.55. The van der Waals surface area contributed by atoms with Crippen molar-refractivity contribution in [1.82, 2.24) is 0 Å². The highest BCUT2D eigenvalue weighted by Crippen LogP contribution is 2.35. The molecule has 0 aromatic heterocycles. The highest BCUT2D eigenvalue weighted by molar-refractivity contribution is 9.09. The summed E-state index contributed by atoms with van der Waals surface area (Å²) in [6.07, 6.45) is 7.20. The van der Waals surface area contributed by atoms with Crippen LogP contribution in [0, 0.1) is 0 Å². The van der Waals surface area contributed by atoms with Gasteiger partial charge in [-0.2, -0.15) is 0 Å². The average molecular weight is 425 g/mol. The minimum atomic E-state index is -0.0304. The molecule has 0 saturated heterocycles. The van der Waals surface area contributed by atoms with Crippen LogP contribution < -0.4 is 0 Å². The van der Waals surface area contributed by atoms with E-state index in [2.05, 4.69) is 78.3 Å². The van der Waals surface area contributed by atoms with Gasteiger partial charge in [-0.15, -0.1) is 0 Å². The number of ether oxygens (including phenoxy) is 1. The number of unbranched alkanes of at least 4 members (excludes halogenated alkanes) is 1. The summed E-state index contributed by atoms with van der Waals surface area (Å²) in [4.78, 5) is 0. The molecule has 0 N–H and O–H groups in total. The Morgan fingerprint density at radius 3 is 2.63 bits per heavy atom. The van der Waals surface area contributed by atoms with Gasteiger partial charge in [0, 0.05) is 5.33 Å². The number of hydrogen-bond donors (Lipinski definition) is 0. The molecule has 27 heavy (non-hydrogen) atoms. The Labute approximate surface area is 171 Å². The van der Waals surface area contributed by atoms with Crippen LogP contribution in [0.1, 0.15) is 50.7 Å². The van der Waals surface area contributed by atoms with Crippen LogP contribution in [0.25, 0.3) is 21.5 Å². The second-order valence-electron chi connectivity index (χ2n) is 8.47. The molecule has 0 bridgehead atoms. The van der Waals surface area contributed by atoms with Crippen LogP contribution in [-0.4, -0.2) is 17.0 Å². The summed E-state index contributed by atoms with van der Waals surface area (Å²) in [5.74, 6) is 0. The van der Waals surface area contributed by atoms with Gasteiger partial charge >= 0.3 is 0 Å². The van der Waals surface area contributed by atoms with Crippen LogP contribution in [0.5, 0.6) is 0 Å². The third kappa shape index (κ3) is 4.07. The van der Waals surface area contributed by atoms with E-state index in [1.54, 1.807) is 0 Å². The van der Waals surface area contributed by atoms with E-state index in [0.29, 0.717) is 6.10 Å². The molecule has 0 spiro atoms. The lowest BCUT2D eigenvalue weighted by molar-refractivity contribution is -0.0810. The second kappa shape index (κ2) is 7.93. The van der Waals surface area contributed by atoms with E-state index >= 15 is 0 Å². The van der Waals surface area contributed by atoms with Crippen molar-refractivity contribution in [2.24, 2.45) is 0 Å². The van der Waals surface area contributed by atoms with Crippen molar-refractivity contribution in [3.05, 3.63) is 59.7 Å². The number of benzene rings is 3. The predicted molar refractivity (Wildman–Crippen MR) is 120 cm³/mol. The third-order valence-corrected chi connectivity index (χ3v) is 6.51. The Bertz CT molecular complexity index is 944. The molecular weight excluding hydrogens is 396 g/mol. The molecule has 2 heteroatoms. The largest absolute Gasteiger partial charge is 0.372 e. The van der Waals surface area contributed by atoms with Crippen molar-refractivity contribution in [2.75, 3.05) is 5.33 Å². The standard InChI is InChI=1S/C25H29BrO/c1-25(2,15-5-6-16-26)27-20-11-14-22-19(17-20)10-13-23-21-8-4-3-7-18(21)9-12-24(22)23/h3-4,7-10,12-13,20H,5-6,11,14-17H2,1-2H3. The molecule has 0 radical (unpaired) electrons. The van der Waals surface area contributed by atoms with E-state index in [0.717, 1.165) is 31.0 Å². The van der Waals surface area contributed by atoms with E-state index < -0.39 is 0 Å². The van der Waals surface area contributed by atoms with Gasteiger partial charge in [-0.3, -0.25) is 0 Å². The summed E-state index contributed by atoms with van der Waals surface area (Å²) in [5.41, 5.74) is 2.98. The van der Waals surface area contributed by atoms with Crippen molar-refractivity contribution in [3.63, 3.8) is 0 Å². The zero-order valence-electron chi connectivity index (χ0n) is 16.4. The molecule has 1 unspecified atom stereocenters. The molecule has 1 aliphatic carbocycles. The molecule has 1 aliphatic rings. The molecule has 1 nitrogen and oxygen atoms in total. The van der Waals surface area contributed by atoms with Gasteiger partial charge in [-0.25, -0.2) is 0 Å². The molecule has 3 aromatic carbocycles. The Morgan fingerprint density at radius 1 is 0.963 bits per heavy atom. The van der Waals surface area contributed by atoms with Crippen molar-refractivity contribution in [3.8, 4) is 0 Å². The minimum Gasteiger partial charge on any atom is -0.372 e. The van der Waals surface area contributed by atoms with Crippen molar-refractivity contribution in [1.29, 1.82) is 0 Å². The van der Waals surface area contributed by atoms with Crippen LogP contribution in [0.3, 0.4) is 0 Å². The van der Waals surface area contributed by atoms with E-state index in [1.807, 2.05) is 0 Å². The van der Waals surface area contributed by atoms with Crippen molar-refractivity contribution < 1.29 is 4.74 Å². The number of fused-ring (bicyclic) bond motifs is 5. The predicted octanol–water partition coefficient (Wildman–Crippen LogP) is 7.21. The number of halogens is 1. The summed E-state index contributed by atoms with van der Waals surface area (Å²) in [6.45, 7) is 4.51. The maximum absolute atomic E-state index is 6.55. The van der Waals surface area contributed by atoms with Gasteiger partial charge < -0.3 is 4.74 Å². The lowest BCUT2D eigenvalue weighted by Gasteiger charge is -2.34. The summed E-state index contributed by atoms with van der Waals surface area (Å²) in [7, 11) is 0. The molecule has 0 heterocycles. The van der Waals surface area contributed by atoms with Gasteiger partial charge in [0.2, 0.25) is 0 Å². The molecule has 0 saturated carbocycles. The number of hydrogen-bond acceptors (Lipinski definition) is 1. The third-order valence-electron chi connectivity index (χ3n) is 5.95. The van der Waals surface area contributed by atoms with Crippen LogP contribution in [-0.2, 0) is 17.6 Å². The number of alkyl halides is 1. The fourth-order valence-electron chi connectivity index (χ4n) is 4.59. The van der Waals surface area contributed by atoms with Crippen molar-refractivity contribution >= 4 is 37.5 Å². The lowest BCUT2D eigenvalue weighted by Crippen LogP contribution is -2.34. The van der Waals surface area contributed by atoms with E-state index in [4.69, 9.17) is 4.74 Å². The molecule has 4 rings (SSSR count). The Balaban J connectivity index is 1.57. The van der Waals surface area contributed by atoms with Crippen LogP contribution >= 0.6 is 15.9 Å². The fraction of sp³-hybridized carbons (Fsp3) is 0.440. The second-order valence-corrected chi connectivity index (χ2v) is 9.27. The van der Waals surface area contributed by atoms with E-state index in [-0.39, 0.29) is 5.60 Å².